The molecule has 2 aromatic carbocycles. The number of hydrogen-bond acceptors (Lipinski definition) is 3. The van der Waals surface area contributed by atoms with E-state index in [9.17, 15) is 9.59 Å². The summed E-state index contributed by atoms with van der Waals surface area (Å²) < 4.78 is 0. The fraction of sp³-hybridized carbons (Fsp3) is 0.100. The van der Waals surface area contributed by atoms with Crippen LogP contribution in [0.1, 0.15) is 18.1 Å². The third-order valence-corrected chi connectivity index (χ3v) is 5.40. The second-order valence-electron chi connectivity index (χ2n) is 5.82. The summed E-state index contributed by atoms with van der Waals surface area (Å²) in [6.07, 6.45) is 3.71. The Morgan fingerprint density at radius 1 is 1.08 bits per heavy atom. The number of halogens is 2. The predicted octanol–water partition coefficient (Wildman–Crippen LogP) is 6.18. The van der Waals surface area contributed by atoms with Crippen LogP contribution in [0.5, 0.6) is 0 Å². The first kappa shape index (κ1) is 18.8. The molecule has 2 aromatic rings. The highest BCUT2D eigenvalue weighted by atomic mass is 35.5. The van der Waals surface area contributed by atoms with Crippen molar-refractivity contribution in [3.05, 3.63) is 86.3 Å². The normalized spacial score (nSPS) is 16.7. The molecule has 0 atom stereocenters. The first-order valence-corrected chi connectivity index (χ1v) is 9.44. The third kappa shape index (κ3) is 4.39. The summed E-state index contributed by atoms with van der Waals surface area (Å²) in [5.74, 6) is -0.299. The van der Waals surface area contributed by atoms with Gasteiger partial charge in [-0.05, 0) is 53.6 Å². The summed E-state index contributed by atoms with van der Waals surface area (Å²) in [5.41, 5.74) is 2.69. The van der Waals surface area contributed by atoms with Gasteiger partial charge < -0.3 is 0 Å². The number of allylic oxidation sites excluding steroid dienone is 2. The Hall–Kier alpha value is -2.01. The molecule has 0 radical (unpaired) electrons. The molecule has 132 valence electrons. The molecule has 0 bridgehead atoms. The molecule has 0 aromatic heterocycles. The average Bonchev–Trinajstić information content (AvgIpc) is 2.86. The van der Waals surface area contributed by atoms with Gasteiger partial charge in [0.1, 0.15) is 0 Å². The fourth-order valence-corrected chi connectivity index (χ4v) is 3.73. The number of hydrogen-bond donors (Lipinski definition) is 0. The zero-order valence-electron chi connectivity index (χ0n) is 13.9. The van der Waals surface area contributed by atoms with Crippen molar-refractivity contribution in [1.29, 1.82) is 0 Å². The number of amides is 2. The van der Waals surface area contributed by atoms with E-state index < -0.39 is 0 Å². The standard InChI is InChI=1S/C20H15Cl2NO2S/c1-13(9-14-5-3-2-4-6-14)10-18-19(24)23(20(25)26-18)12-15-7-8-16(21)17(22)11-15/h2-11H,12H2,1H3/b13-9+,18-10-. The second kappa shape index (κ2) is 8.12. The maximum atomic E-state index is 12.6. The van der Waals surface area contributed by atoms with Crippen LogP contribution >= 0.6 is 35.0 Å². The minimum Gasteiger partial charge on any atom is -0.268 e. The van der Waals surface area contributed by atoms with Crippen molar-refractivity contribution >= 4 is 52.2 Å². The lowest BCUT2D eigenvalue weighted by Crippen LogP contribution is -2.27. The van der Waals surface area contributed by atoms with Gasteiger partial charge >= 0.3 is 0 Å². The Morgan fingerprint density at radius 3 is 2.50 bits per heavy atom. The van der Waals surface area contributed by atoms with E-state index in [1.807, 2.05) is 43.3 Å². The van der Waals surface area contributed by atoms with Crippen molar-refractivity contribution < 1.29 is 9.59 Å². The smallest absolute Gasteiger partial charge is 0.268 e. The quantitative estimate of drug-likeness (QED) is 0.572. The van der Waals surface area contributed by atoms with E-state index in [0.29, 0.717) is 15.0 Å². The number of rotatable bonds is 4. The van der Waals surface area contributed by atoms with Crippen LogP contribution < -0.4 is 0 Å². The summed E-state index contributed by atoms with van der Waals surface area (Å²) in [5, 5.41) is 0.541. The van der Waals surface area contributed by atoms with Gasteiger partial charge in [0.05, 0.1) is 21.5 Å². The average molecular weight is 404 g/mol. The molecule has 1 fully saturated rings. The van der Waals surface area contributed by atoms with Gasteiger partial charge in [0, 0.05) is 0 Å². The Labute approximate surface area is 166 Å². The number of imide groups is 1. The van der Waals surface area contributed by atoms with E-state index in [1.165, 1.54) is 4.90 Å². The van der Waals surface area contributed by atoms with Gasteiger partial charge in [0.25, 0.3) is 11.1 Å². The Bertz CT molecular complexity index is 923. The van der Waals surface area contributed by atoms with Gasteiger partial charge in [-0.2, -0.15) is 0 Å². The van der Waals surface area contributed by atoms with Crippen LogP contribution in [0.15, 0.2) is 65.1 Å². The number of carbonyl (C=O) groups is 2. The molecular formula is C20H15Cl2NO2S. The highest BCUT2D eigenvalue weighted by Crippen LogP contribution is 2.33. The van der Waals surface area contributed by atoms with Crippen molar-refractivity contribution in [3.63, 3.8) is 0 Å². The molecule has 3 nitrogen and oxygen atoms in total. The van der Waals surface area contributed by atoms with E-state index in [1.54, 1.807) is 24.3 Å². The topological polar surface area (TPSA) is 37.4 Å². The van der Waals surface area contributed by atoms with Crippen LogP contribution in [0.3, 0.4) is 0 Å². The predicted molar refractivity (Wildman–Crippen MR) is 108 cm³/mol. The largest absolute Gasteiger partial charge is 0.293 e. The van der Waals surface area contributed by atoms with E-state index in [2.05, 4.69) is 0 Å². The van der Waals surface area contributed by atoms with Crippen LogP contribution in [0.4, 0.5) is 4.79 Å². The summed E-state index contributed by atoms with van der Waals surface area (Å²) in [7, 11) is 0. The summed E-state index contributed by atoms with van der Waals surface area (Å²) in [4.78, 5) is 26.5. The minimum atomic E-state index is -0.299. The first-order valence-electron chi connectivity index (χ1n) is 7.86. The van der Waals surface area contributed by atoms with Gasteiger partial charge in [0.2, 0.25) is 0 Å². The zero-order chi connectivity index (χ0) is 18.7. The molecule has 1 aliphatic rings. The van der Waals surface area contributed by atoms with Crippen molar-refractivity contribution in [1.82, 2.24) is 4.90 Å². The fourth-order valence-electron chi connectivity index (χ4n) is 2.52. The van der Waals surface area contributed by atoms with E-state index >= 15 is 0 Å². The first-order chi connectivity index (χ1) is 12.4. The van der Waals surface area contributed by atoms with Crippen molar-refractivity contribution in [3.8, 4) is 0 Å². The number of benzene rings is 2. The maximum Gasteiger partial charge on any atom is 0.293 e. The molecule has 6 heteroatoms. The van der Waals surface area contributed by atoms with Crippen LogP contribution in [-0.4, -0.2) is 16.0 Å². The van der Waals surface area contributed by atoms with Crippen LogP contribution in [0.2, 0.25) is 10.0 Å². The Morgan fingerprint density at radius 2 is 1.81 bits per heavy atom. The molecular weight excluding hydrogens is 389 g/mol. The van der Waals surface area contributed by atoms with Gasteiger partial charge in [-0.25, -0.2) is 0 Å². The lowest BCUT2D eigenvalue weighted by atomic mass is 10.1. The maximum absolute atomic E-state index is 12.6. The highest BCUT2D eigenvalue weighted by molar-refractivity contribution is 8.18. The lowest BCUT2D eigenvalue weighted by Gasteiger charge is -2.12. The van der Waals surface area contributed by atoms with Gasteiger partial charge in [-0.15, -0.1) is 0 Å². The van der Waals surface area contributed by atoms with E-state index in [0.717, 1.165) is 28.5 Å². The van der Waals surface area contributed by atoms with E-state index in [4.69, 9.17) is 23.2 Å². The molecule has 0 aliphatic carbocycles. The monoisotopic (exact) mass is 403 g/mol. The zero-order valence-corrected chi connectivity index (χ0v) is 16.2. The molecule has 1 heterocycles. The number of carbonyl (C=O) groups excluding carboxylic acids is 2. The number of thioether (sulfide) groups is 1. The summed E-state index contributed by atoms with van der Waals surface area (Å²) in [6, 6.07) is 14.9. The highest BCUT2D eigenvalue weighted by Gasteiger charge is 2.34. The molecule has 1 saturated heterocycles. The Balaban J connectivity index is 1.77. The SMILES string of the molecule is CC(/C=C1\SC(=O)N(Cc2ccc(Cl)c(Cl)c2)C1=O)=C\c1ccccc1. The van der Waals surface area contributed by atoms with Gasteiger partial charge in [-0.3, -0.25) is 14.5 Å². The molecule has 2 amide bonds. The minimum absolute atomic E-state index is 0.167. The molecule has 26 heavy (non-hydrogen) atoms. The molecule has 1 aliphatic heterocycles. The molecule has 0 unspecified atom stereocenters. The summed E-state index contributed by atoms with van der Waals surface area (Å²) >= 11 is 12.9. The van der Waals surface area contributed by atoms with E-state index in [-0.39, 0.29) is 17.7 Å². The van der Waals surface area contributed by atoms with Crippen LogP contribution in [0.25, 0.3) is 6.08 Å². The van der Waals surface area contributed by atoms with Crippen molar-refractivity contribution in [2.75, 3.05) is 0 Å². The number of nitrogens with zero attached hydrogens (tertiary/aromatic N) is 1. The third-order valence-electron chi connectivity index (χ3n) is 3.75. The summed E-state index contributed by atoms with van der Waals surface area (Å²) in [6.45, 7) is 2.07. The van der Waals surface area contributed by atoms with Crippen LogP contribution in [-0.2, 0) is 11.3 Å². The van der Waals surface area contributed by atoms with Gasteiger partial charge in [0.15, 0.2) is 0 Å². The Kier molecular flexibility index (Phi) is 5.87. The molecule has 0 spiro atoms. The molecule has 0 N–H and O–H groups in total. The molecule has 3 rings (SSSR count). The van der Waals surface area contributed by atoms with Crippen LogP contribution in [0, 0.1) is 0 Å². The molecule has 0 saturated carbocycles. The van der Waals surface area contributed by atoms with Crippen molar-refractivity contribution in [2.24, 2.45) is 0 Å². The van der Waals surface area contributed by atoms with Gasteiger partial charge in [-0.1, -0.05) is 65.7 Å². The van der Waals surface area contributed by atoms with Crippen molar-refractivity contribution in [2.45, 2.75) is 13.5 Å². The second-order valence-corrected chi connectivity index (χ2v) is 7.62. The lowest BCUT2D eigenvalue weighted by molar-refractivity contribution is -0.123.